The average Bonchev–Trinajstić information content (AvgIpc) is 2.74. The smallest absolute Gasteiger partial charge is 0.258 e. The summed E-state index contributed by atoms with van der Waals surface area (Å²) in [5, 5.41) is 9.55. The van der Waals surface area contributed by atoms with Crippen molar-refractivity contribution in [2.75, 3.05) is 9.80 Å². The van der Waals surface area contributed by atoms with Crippen molar-refractivity contribution in [3.63, 3.8) is 0 Å². The number of nitrogens with zero attached hydrogens (tertiary/aromatic N) is 2. The van der Waals surface area contributed by atoms with Gasteiger partial charge >= 0.3 is 0 Å². The molecule has 0 radical (unpaired) electrons. The van der Waals surface area contributed by atoms with Crippen LogP contribution in [0.2, 0.25) is 0 Å². The van der Waals surface area contributed by atoms with E-state index in [-0.39, 0.29) is 29.6 Å². The van der Waals surface area contributed by atoms with Gasteiger partial charge in [-0.3, -0.25) is 9.59 Å². The quantitative estimate of drug-likeness (QED) is 0.678. The number of anilines is 2. The van der Waals surface area contributed by atoms with Crippen LogP contribution in [-0.2, 0) is 4.79 Å². The fourth-order valence-corrected chi connectivity index (χ4v) is 4.25. The number of amides is 2. The first-order valence-corrected chi connectivity index (χ1v) is 10.0. The van der Waals surface area contributed by atoms with Gasteiger partial charge in [0.15, 0.2) is 0 Å². The third-order valence-electron chi connectivity index (χ3n) is 5.58. The summed E-state index contributed by atoms with van der Waals surface area (Å²) in [5.74, 6) is -0.0346. The molecule has 0 saturated carbocycles. The molecule has 3 aromatic carbocycles. The molecular formula is C25H24N2O3. The Bertz CT molecular complexity index is 1060. The minimum atomic E-state index is -0.167. The van der Waals surface area contributed by atoms with E-state index in [1.807, 2.05) is 66.4 Å². The number of phenolic OH excluding ortho intramolecular Hbond substituents is 1. The second-order valence-electron chi connectivity index (χ2n) is 7.61. The van der Waals surface area contributed by atoms with E-state index >= 15 is 0 Å². The highest BCUT2D eigenvalue weighted by Crippen LogP contribution is 2.42. The number of hydrogen-bond acceptors (Lipinski definition) is 3. The SMILES string of the molecule is CC(=O)N(c1ccccc1)[C@H]1C[C@@H](C)N(C(=O)c2ccc(O)cc2)c2ccccc21. The first-order chi connectivity index (χ1) is 14.5. The minimum absolute atomic E-state index is 0.0356. The highest BCUT2D eigenvalue weighted by atomic mass is 16.3. The minimum Gasteiger partial charge on any atom is -0.508 e. The molecule has 5 heteroatoms. The van der Waals surface area contributed by atoms with Crippen LogP contribution in [0.4, 0.5) is 11.4 Å². The van der Waals surface area contributed by atoms with E-state index in [0.717, 1.165) is 16.9 Å². The number of carbonyl (C=O) groups excluding carboxylic acids is 2. The molecule has 0 aliphatic carbocycles. The summed E-state index contributed by atoms with van der Waals surface area (Å²) in [6.07, 6.45) is 0.620. The molecule has 152 valence electrons. The number of rotatable bonds is 3. The maximum absolute atomic E-state index is 13.3. The Labute approximate surface area is 176 Å². The molecule has 0 aromatic heterocycles. The molecule has 30 heavy (non-hydrogen) atoms. The van der Waals surface area contributed by atoms with Gasteiger partial charge in [-0.15, -0.1) is 0 Å². The number of benzene rings is 3. The van der Waals surface area contributed by atoms with Crippen molar-refractivity contribution >= 4 is 23.2 Å². The highest BCUT2D eigenvalue weighted by Gasteiger charge is 2.38. The van der Waals surface area contributed by atoms with Crippen LogP contribution < -0.4 is 9.80 Å². The molecule has 1 N–H and O–H groups in total. The number of fused-ring (bicyclic) bond motifs is 1. The van der Waals surface area contributed by atoms with Crippen LogP contribution in [0.5, 0.6) is 5.75 Å². The fraction of sp³-hybridized carbons (Fsp3) is 0.200. The van der Waals surface area contributed by atoms with Gasteiger partial charge < -0.3 is 14.9 Å². The van der Waals surface area contributed by atoms with Crippen molar-refractivity contribution in [1.29, 1.82) is 0 Å². The van der Waals surface area contributed by atoms with Gasteiger partial charge in [0.25, 0.3) is 5.91 Å². The van der Waals surface area contributed by atoms with Gasteiger partial charge in [0.1, 0.15) is 5.75 Å². The molecule has 3 aromatic rings. The highest BCUT2D eigenvalue weighted by molar-refractivity contribution is 6.07. The molecular weight excluding hydrogens is 376 g/mol. The Hall–Kier alpha value is -3.60. The average molecular weight is 400 g/mol. The zero-order chi connectivity index (χ0) is 21.3. The van der Waals surface area contributed by atoms with E-state index in [1.165, 1.54) is 12.1 Å². The van der Waals surface area contributed by atoms with Gasteiger partial charge in [-0.25, -0.2) is 0 Å². The number of hydrogen-bond donors (Lipinski definition) is 1. The van der Waals surface area contributed by atoms with Crippen LogP contribution >= 0.6 is 0 Å². The van der Waals surface area contributed by atoms with E-state index in [1.54, 1.807) is 24.0 Å². The molecule has 0 spiro atoms. The van der Waals surface area contributed by atoms with Crippen molar-refractivity contribution in [1.82, 2.24) is 0 Å². The lowest BCUT2D eigenvalue weighted by atomic mass is 9.89. The first kappa shape index (κ1) is 19.7. The molecule has 1 heterocycles. The summed E-state index contributed by atoms with van der Waals surface area (Å²) in [6.45, 7) is 3.58. The van der Waals surface area contributed by atoms with Crippen LogP contribution in [-0.4, -0.2) is 23.0 Å². The maximum atomic E-state index is 13.3. The van der Waals surface area contributed by atoms with Crippen molar-refractivity contribution in [2.24, 2.45) is 0 Å². The zero-order valence-corrected chi connectivity index (χ0v) is 17.0. The van der Waals surface area contributed by atoms with Crippen LogP contribution in [0.25, 0.3) is 0 Å². The van der Waals surface area contributed by atoms with Crippen molar-refractivity contribution in [2.45, 2.75) is 32.4 Å². The van der Waals surface area contributed by atoms with Crippen molar-refractivity contribution < 1.29 is 14.7 Å². The summed E-state index contributed by atoms with van der Waals surface area (Å²) in [7, 11) is 0. The Balaban J connectivity index is 1.77. The van der Waals surface area contributed by atoms with E-state index in [0.29, 0.717) is 12.0 Å². The number of carbonyl (C=O) groups is 2. The number of aromatic hydroxyl groups is 1. The van der Waals surface area contributed by atoms with Gasteiger partial charge in [0.2, 0.25) is 5.91 Å². The second kappa shape index (κ2) is 8.03. The predicted octanol–water partition coefficient (Wildman–Crippen LogP) is 4.93. The van der Waals surface area contributed by atoms with Gasteiger partial charge in [0.05, 0.1) is 6.04 Å². The van der Waals surface area contributed by atoms with Gasteiger partial charge in [-0.2, -0.15) is 0 Å². The molecule has 2 atom stereocenters. The fourth-order valence-electron chi connectivity index (χ4n) is 4.25. The van der Waals surface area contributed by atoms with Gasteiger partial charge in [0, 0.05) is 29.9 Å². The molecule has 1 aliphatic rings. The third-order valence-corrected chi connectivity index (χ3v) is 5.58. The molecule has 5 nitrogen and oxygen atoms in total. The summed E-state index contributed by atoms with van der Waals surface area (Å²) in [4.78, 5) is 29.6. The Morgan fingerprint density at radius 1 is 0.933 bits per heavy atom. The van der Waals surface area contributed by atoms with E-state index in [2.05, 4.69) is 0 Å². The Morgan fingerprint density at radius 3 is 2.23 bits per heavy atom. The largest absolute Gasteiger partial charge is 0.508 e. The zero-order valence-electron chi connectivity index (χ0n) is 17.0. The summed E-state index contributed by atoms with van der Waals surface area (Å²) < 4.78 is 0. The van der Waals surface area contributed by atoms with Gasteiger partial charge in [-0.05, 0) is 61.4 Å². The standard InChI is InChI=1S/C25H24N2O3/c1-17-16-24(27(18(2)28)20-8-4-3-5-9-20)22-10-6-7-11-23(22)26(17)25(30)19-12-14-21(29)15-13-19/h3-15,17,24,29H,16H2,1-2H3/t17-,24+/m1/s1. The van der Waals surface area contributed by atoms with Crippen LogP contribution in [0.15, 0.2) is 78.9 Å². The van der Waals surface area contributed by atoms with Crippen LogP contribution in [0, 0.1) is 0 Å². The van der Waals surface area contributed by atoms with Crippen LogP contribution in [0.3, 0.4) is 0 Å². The van der Waals surface area contributed by atoms with Gasteiger partial charge in [-0.1, -0.05) is 36.4 Å². The normalized spacial score (nSPS) is 17.9. The van der Waals surface area contributed by atoms with E-state index in [4.69, 9.17) is 0 Å². The lowest BCUT2D eigenvalue weighted by Crippen LogP contribution is -2.47. The Morgan fingerprint density at radius 2 is 1.57 bits per heavy atom. The topological polar surface area (TPSA) is 60.9 Å². The lowest BCUT2D eigenvalue weighted by molar-refractivity contribution is -0.117. The molecule has 2 amide bonds. The summed E-state index contributed by atoms with van der Waals surface area (Å²) >= 11 is 0. The lowest BCUT2D eigenvalue weighted by Gasteiger charge is -2.43. The summed E-state index contributed by atoms with van der Waals surface area (Å²) in [5.41, 5.74) is 3.11. The predicted molar refractivity (Wildman–Crippen MR) is 118 cm³/mol. The second-order valence-corrected chi connectivity index (χ2v) is 7.61. The molecule has 0 unspecified atom stereocenters. The van der Waals surface area contributed by atoms with E-state index in [9.17, 15) is 14.7 Å². The molecule has 0 bridgehead atoms. The maximum Gasteiger partial charge on any atom is 0.258 e. The van der Waals surface area contributed by atoms with Crippen molar-refractivity contribution in [3.8, 4) is 5.75 Å². The molecule has 4 rings (SSSR count). The molecule has 1 aliphatic heterocycles. The summed E-state index contributed by atoms with van der Waals surface area (Å²) in [6, 6.07) is 23.4. The molecule has 0 saturated heterocycles. The first-order valence-electron chi connectivity index (χ1n) is 10.0. The number of phenols is 1. The molecule has 0 fully saturated rings. The van der Waals surface area contributed by atoms with E-state index < -0.39 is 0 Å². The van der Waals surface area contributed by atoms with Crippen LogP contribution in [0.1, 0.15) is 42.2 Å². The number of para-hydroxylation sites is 2. The van der Waals surface area contributed by atoms with Crippen molar-refractivity contribution in [3.05, 3.63) is 90.0 Å². The third kappa shape index (κ3) is 3.54. The Kier molecular flexibility index (Phi) is 5.27. The monoisotopic (exact) mass is 400 g/mol.